The van der Waals surface area contributed by atoms with E-state index in [0.29, 0.717) is 37.1 Å². The Morgan fingerprint density at radius 1 is 1.22 bits per heavy atom. The van der Waals surface area contributed by atoms with Crippen molar-refractivity contribution in [1.29, 1.82) is 0 Å². The van der Waals surface area contributed by atoms with Crippen LogP contribution in [0.15, 0.2) is 35.7 Å². The van der Waals surface area contributed by atoms with Gasteiger partial charge >= 0.3 is 12.3 Å². The van der Waals surface area contributed by atoms with Gasteiger partial charge in [-0.25, -0.2) is 9.78 Å². The number of nitrogens with one attached hydrogen (secondary N) is 2. The third-order valence-corrected chi connectivity index (χ3v) is 7.62. The summed E-state index contributed by atoms with van der Waals surface area (Å²) in [6, 6.07) is 8.14. The van der Waals surface area contributed by atoms with Crippen LogP contribution in [0.2, 0.25) is 0 Å². The van der Waals surface area contributed by atoms with Crippen LogP contribution in [0.1, 0.15) is 74.7 Å². The molecule has 0 radical (unpaired) electrons. The number of alkyl halides is 3. The van der Waals surface area contributed by atoms with Gasteiger partial charge in [0.05, 0.1) is 23.7 Å². The number of hydrogen-bond acceptors (Lipinski definition) is 6. The van der Waals surface area contributed by atoms with Gasteiger partial charge < -0.3 is 20.5 Å². The average molecular weight is 542 g/mol. The monoisotopic (exact) mass is 541 g/mol. The molecule has 0 saturated heterocycles. The van der Waals surface area contributed by atoms with E-state index >= 15 is 0 Å². The fourth-order valence-electron chi connectivity index (χ4n) is 4.34. The van der Waals surface area contributed by atoms with E-state index in [4.69, 9.17) is 4.74 Å². The van der Waals surface area contributed by atoms with Crippen LogP contribution in [0.25, 0.3) is 0 Å². The van der Waals surface area contributed by atoms with Gasteiger partial charge in [0.2, 0.25) is 0 Å². The van der Waals surface area contributed by atoms with Crippen LogP contribution >= 0.6 is 11.3 Å². The highest BCUT2D eigenvalue weighted by Crippen LogP contribution is 2.45. The van der Waals surface area contributed by atoms with Gasteiger partial charge in [-0.05, 0) is 31.7 Å². The minimum Gasteiger partial charge on any atom is -0.449 e. The van der Waals surface area contributed by atoms with Crippen molar-refractivity contribution in [2.75, 3.05) is 6.61 Å². The van der Waals surface area contributed by atoms with Crippen LogP contribution in [0.4, 0.5) is 18.0 Å². The summed E-state index contributed by atoms with van der Waals surface area (Å²) in [5.41, 5.74) is -0.486. The number of rotatable bonds is 12. The second kappa shape index (κ2) is 12.7. The number of aliphatic hydroxyl groups excluding tert-OH is 1. The maximum absolute atomic E-state index is 12.9. The second-order valence-electron chi connectivity index (χ2n) is 9.71. The van der Waals surface area contributed by atoms with Crippen LogP contribution < -0.4 is 10.6 Å². The van der Waals surface area contributed by atoms with Crippen LogP contribution in [-0.2, 0) is 22.1 Å². The number of hydrogen-bond donors (Lipinski definition) is 3. The van der Waals surface area contributed by atoms with Gasteiger partial charge in [-0.15, -0.1) is 11.3 Å². The summed E-state index contributed by atoms with van der Waals surface area (Å²) < 4.78 is 44.1. The molecule has 1 aromatic carbocycles. The largest absolute Gasteiger partial charge is 0.449 e. The Labute approximate surface area is 218 Å². The van der Waals surface area contributed by atoms with Crippen molar-refractivity contribution in [2.45, 2.75) is 83.2 Å². The molecule has 1 aliphatic carbocycles. The SMILES string of the molecule is CCCC[C@H](NC(=O)OCC1(Cc2nc(C(F)(F)F)cs2)CCC1)C(O)C(=O)N[C@H](C)c1ccccc1. The van der Waals surface area contributed by atoms with Crippen LogP contribution in [0.3, 0.4) is 0 Å². The summed E-state index contributed by atoms with van der Waals surface area (Å²) in [7, 11) is 0. The van der Waals surface area contributed by atoms with Crippen molar-refractivity contribution in [3.8, 4) is 0 Å². The van der Waals surface area contributed by atoms with Crippen molar-refractivity contribution in [1.82, 2.24) is 15.6 Å². The maximum atomic E-state index is 12.9. The van der Waals surface area contributed by atoms with E-state index in [0.717, 1.165) is 35.1 Å². The lowest BCUT2D eigenvalue weighted by Crippen LogP contribution is -2.51. The standard InChI is InChI=1S/C26H34F3N3O4S/c1-3-4-11-19(22(33)23(34)30-17(2)18-9-6-5-7-10-18)31-24(35)36-16-25(12-8-13-25)14-21-32-20(15-37-21)26(27,28)29/h5-7,9-10,15,17,19,22,33H,3-4,8,11-14,16H2,1-2H3,(H,30,34)(H,31,35)/t17-,19+,22?/m1/s1. The topological polar surface area (TPSA) is 101 Å². The van der Waals surface area contributed by atoms with Gasteiger partial charge in [0.25, 0.3) is 5.91 Å². The van der Waals surface area contributed by atoms with E-state index in [1.165, 1.54) is 0 Å². The van der Waals surface area contributed by atoms with Gasteiger partial charge in [-0.2, -0.15) is 13.2 Å². The molecule has 204 valence electrons. The van der Waals surface area contributed by atoms with E-state index in [-0.39, 0.29) is 12.6 Å². The minimum atomic E-state index is -4.49. The second-order valence-corrected chi connectivity index (χ2v) is 10.7. The normalized spacial score (nSPS) is 17.2. The summed E-state index contributed by atoms with van der Waals surface area (Å²) in [4.78, 5) is 29.1. The zero-order valence-electron chi connectivity index (χ0n) is 21.0. The summed E-state index contributed by atoms with van der Waals surface area (Å²) in [5, 5.41) is 17.5. The van der Waals surface area contributed by atoms with Crippen molar-refractivity contribution in [2.24, 2.45) is 5.41 Å². The van der Waals surface area contributed by atoms with Crippen LogP contribution in [0, 0.1) is 5.41 Å². The molecule has 1 aromatic heterocycles. The number of benzene rings is 1. The first-order chi connectivity index (χ1) is 17.5. The number of thiazole rings is 1. The molecule has 7 nitrogen and oxygen atoms in total. The van der Waals surface area contributed by atoms with Crippen molar-refractivity contribution in [3.05, 3.63) is 52.0 Å². The number of unbranched alkanes of at least 4 members (excludes halogenated alkanes) is 1. The highest BCUT2D eigenvalue weighted by atomic mass is 32.1. The molecule has 37 heavy (non-hydrogen) atoms. The number of alkyl carbamates (subject to hydrolysis) is 1. The number of amides is 2. The van der Waals surface area contributed by atoms with Crippen molar-refractivity contribution in [3.63, 3.8) is 0 Å². The summed E-state index contributed by atoms with van der Waals surface area (Å²) in [5.74, 6) is -0.600. The molecular formula is C26H34F3N3O4S. The number of carbonyl (C=O) groups excluding carboxylic acids is 2. The predicted molar refractivity (Wildman–Crippen MR) is 134 cm³/mol. The molecule has 1 heterocycles. The van der Waals surface area contributed by atoms with Gasteiger partial charge in [0, 0.05) is 17.2 Å². The first-order valence-electron chi connectivity index (χ1n) is 12.5. The van der Waals surface area contributed by atoms with E-state index < -0.39 is 41.4 Å². The van der Waals surface area contributed by atoms with E-state index in [1.807, 2.05) is 37.3 Å². The third-order valence-electron chi connectivity index (χ3n) is 6.77. The Morgan fingerprint density at radius 2 is 1.92 bits per heavy atom. The van der Waals surface area contributed by atoms with Crippen LogP contribution in [0.5, 0.6) is 0 Å². The number of nitrogens with zero attached hydrogens (tertiary/aromatic N) is 1. The molecule has 1 fully saturated rings. The number of aliphatic hydroxyl groups is 1. The molecule has 1 saturated carbocycles. The molecule has 1 unspecified atom stereocenters. The van der Waals surface area contributed by atoms with E-state index in [1.54, 1.807) is 6.92 Å². The van der Waals surface area contributed by atoms with Crippen LogP contribution in [-0.4, -0.2) is 40.8 Å². The third kappa shape index (κ3) is 8.16. The fraction of sp³-hybridized carbons (Fsp3) is 0.577. The first kappa shape index (κ1) is 28.9. The number of halogens is 3. The number of ether oxygens (including phenoxy) is 1. The summed E-state index contributed by atoms with van der Waals surface area (Å²) in [6.45, 7) is 3.79. The molecule has 0 spiro atoms. The molecule has 0 aliphatic heterocycles. The molecular weight excluding hydrogens is 507 g/mol. The van der Waals surface area contributed by atoms with Crippen molar-refractivity contribution < 1.29 is 32.6 Å². The maximum Gasteiger partial charge on any atom is 0.434 e. The lowest BCUT2D eigenvalue weighted by molar-refractivity contribution is -0.140. The molecule has 11 heteroatoms. The predicted octanol–water partition coefficient (Wildman–Crippen LogP) is 5.40. The zero-order chi connectivity index (χ0) is 27.1. The van der Waals surface area contributed by atoms with Gasteiger partial charge in [-0.3, -0.25) is 4.79 Å². The molecule has 3 N–H and O–H groups in total. The molecule has 3 rings (SSSR count). The Morgan fingerprint density at radius 3 is 2.49 bits per heavy atom. The molecule has 1 aliphatic rings. The Kier molecular flexibility index (Phi) is 9.94. The molecule has 3 atom stereocenters. The zero-order valence-corrected chi connectivity index (χ0v) is 21.8. The fourth-order valence-corrected chi connectivity index (χ4v) is 5.32. The lowest BCUT2D eigenvalue weighted by Gasteiger charge is -2.40. The summed E-state index contributed by atoms with van der Waals surface area (Å²) >= 11 is 0.952. The average Bonchev–Trinajstić information content (AvgIpc) is 3.32. The number of aromatic nitrogens is 1. The number of carbonyl (C=O) groups is 2. The lowest BCUT2D eigenvalue weighted by atomic mass is 9.67. The minimum absolute atomic E-state index is 0.0214. The van der Waals surface area contributed by atoms with Crippen molar-refractivity contribution >= 4 is 23.3 Å². The smallest absolute Gasteiger partial charge is 0.434 e. The Balaban J connectivity index is 1.56. The Hall–Kier alpha value is -2.66. The quantitative estimate of drug-likeness (QED) is 0.334. The molecule has 2 aromatic rings. The summed E-state index contributed by atoms with van der Waals surface area (Å²) in [6.07, 6.45) is -2.27. The first-order valence-corrected chi connectivity index (χ1v) is 13.4. The Bertz CT molecular complexity index is 1030. The van der Waals surface area contributed by atoms with Gasteiger partial charge in [0.1, 0.15) is 0 Å². The van der Waals surface area contributed by atoms with E-state index in [2.05, 4.69) is 15.6 Å². The van der Waals surface area contributed by atoms with Gasteiger partial charge in [0.15, 0.2) is 11.8 Å². The highest BCUT2D eigenvalue weighted by Gasteiger charge is 2.41. The highest BCUT2D eigenvalue weighted by molar-refractivity contribution is 7.09. The molecule has 2 amide bonds. The van der Waals surface area contributed by atoms with E-state index in [9.17, 15) is 27.9 Å². The molecule has 0 bridgehead atoms. The van der Waals surface area contributed by atoms with Gasteiger partial charge in [-0.1, -0.05) is 56.5 Å².